The monoisotopic (exact) mass is 350 g/mol. The fourth-order valence-electron chi connectivity index (χ4n) is 3.24. The van der Waals surface area contributed by atoms with E-state index in [0.29, 0.717) is 19.5 Å². The summed E-state index contributed by atoms with van der Waals surface area (Å²) in [6.07, 6.45) is 0.303. The molecule has 2 heterocycles. The highest BCUT2D eigenvalue weighted by Gasteiger charge is 2.36. The highest BCUT2D eigenvalue weighted by atomic mass is 19.2. The van der Waals surface area contributed by atoms with Crippen LogP contribution < -0.4 is 0 Å². The van der Waals surface area contributed by atoms with E-state index >= 15 is 0 Å². The molecule has 1 amide bonds. The van der Waals surface area contributed by atoms with Crippen molar-refractivity contribution < 1.29 is 22.8 Å². The molecule has 0 aliphatic carbocycles. The van der Waals surface area contributed by atoms with E-state index in [-0.39, 0.29) is 29.9 Å². The van der Waals surface area contributed by atoms with Crippen molar-refractivity contribution in [3.63, 3.8) is 0 Å². The molecule has 1 aromatic heterocycles. The fraction of sp³-hybridized carbons (Fsp3) is 0.444. The first-order chi connectivity index (χ1) is 12.0. The fourth-order valence-corrected chi connectivity index (χ4v) is 3.24. The van der Waals surface area contributed by atoms with Gasteiger partial charge in [-0.05, 0) is 13.0 Å². The number of nitrogens with zero attached hydrogens (tertiary/aromatic N) is 2. The molecule has 0 saturated carbocycles. The van der Waals surface area contributed by atoms with E-state index in [2.05, 4.69) is 5.16 Å². The third kappa shape index (κ3) is 3.87. The van der Waals surface area contributed by atoms with E-state index in [1.807, 2.05) is 13.0 Å². The van der Waals surface area contributed by atoms with Gasteiger partial charge in [0, 0.05) is 44.2 Å². The van der Waals surface area contributed by atoms with Gasteiger partial charge in [-0.25, -0.2) is 8.78 Å². The van der Waals surface area contributed by atoms with Gasteiger partial charge in [-0.1, -0.05) is 17.3 Å². The summed E-state index contributed by atoms with van der Waals surface area (Å²) >= 11 is 0. The Hall–Kier alpha value is -2.28. The number of carbonyl (C=O) groups excluding carboxylic acids is 1. The maximum Gasteiger partial charge on any atom is 0.227 e. The molecule has 1 saturated heterocycles. The number of hydrogen-bond acceptors (Lipinski definition) is 4. The molecule has 0 radical (unpaired) electrons. The number of rotatable bonds is 5. The zero-order valence-electron chi connectivity index (χ0n) is 14.2. The summed E-state index contributed by atoms with van der Waals surface area (Å²) in [6.45, 7) is 2.75. The number of halogens is 2. The number of aromatic nitrogens is 1. The predicted molar refractivity (Wildman–Crippen MR) is 85.9 cm³/mol. The maximum atomic E-state index is 13.8. The molecule has 5 nitrogen and oxygen atoms in total. The second-order valence-corrected chi connectivity index (χ2v) is 6.36. The second kappa shape index (κ2) is 7.31. The molecule has 1 aliphatic heterocycles. The van der Waals surface area contributed by atoms with Gasteiger partial charge in [0.15, 0.2) is 11.6 Å². The Labute approximate surface area is 144 Å². The van der Waals surface area contributed by atoms with E-state index in [9.17, 15) is 13.6 Å². The zero-order valence-corrected chi connectivity index (χ0v) is 14.2. The quantitative estimate of drug-likeness (QED) is 0.832. The number of amides is 1. The Morgan fingerprint density at radius 3 is 2.88 bits per heavy atom. The normalized spacial score (nSPS) is 20.2. The Kier molecular flexibility index (Phi) is 5.13. The van der Waals surface area contributed by atoms with Gasteiger partial charge in [0.05, 0.1) is 18.2 Å². The first-order valence-electron chi connectivity index (χ1n) is 8.13. The number of ether oxygens (including phenoxy) is 1. The van der Waals surface area contributed by atoms with Crippen LogP contribution in [0.4, 0.5) is 8.78 Å². The lowest BCUT2D eigenvalue weighted by Gasteiger charge is -2.16. The zero-order chi connectivity index (χ0) is 18.0. The van der Waals surface area contributed by atoms with Gasteiger partial charge in [0.1, 0.15) is 5.76 Å². The Balaban J connectivity index is 1.66. The van der Waals surface area contributed by atoms with Crippen LogP contribution in [0.15, 0.2) is 28.8 Å². The standard InChI is InChI=1S/C18H20F2N2O3/c1-11-6-14(25-21-11)7-13-9-22(10-16(13)24-2)17(23)8-12-4-3-5-15(19)18(12)20/h3-6,13,16H,7-10H2,1-2H3/t13-,16+/m1/s1. The van der Waals surface area contributed by atoms with Crippen LogP contribution >= 0.6 is 0 Å². The van der Waals surface area contributed by atoms with Crippen molar-refractivity contribution in [2.24, 2.45) is 5.92 Å². The minimum absolute atomic E-state index is 0.0632. The number of hydrogen-bond donors (Lipinski definition) is 0. The van der Waals surface area contributed by atoms with Crippen LogP contribution in [0.2, 0.25) is 0 Å². The molecule has 0 bridgehead atoms. The molecule has 1 fully saturated rings. The number of carbonyl (C=O) groups is 1. The average Bonchev–Trinajstić information content (AvgIpc) is 3.18. The van der Waals surface area contributed by atoms with Crippen molar-refractivity contribution in [3.05, 3.63) is 52.9 Å². The van der Waals surface area contributed by atoms with E-state index in [1.165, 1.54) is 12.1 Å². The Bertz CT molecular complexity index is 763. The summed E-state index contributed by atoms with van der Waals surface area (Å²) in [5.41, 5.74) is 0.866. The maximum absolute atomic E-state index is 13.8. The van der Waals surface area contributed by atoms with E-state index in [1.54, 1.807) is 12.0 Å². The lowest BCUT2D eigenvalue weighted by molar-refractivity contribution is -0.129. The highest BCUT2D eigenvalue weighted by molar-refractivity contribution is 5.79. The van der Waals surface area contributed by atoms with Crippen LogP contribution in [0.5, 0.6) is 0 Å². The van der Waals surface area contributed by atoms with Gasteiger partial charge < -0.3 is 14.2 Å². The van der Waals surface area contributed by atoms with Crippen LogP contribution in [-0.2, 0) is 22.4 Å². The van der Waals surface area contributed by atoms with Gasteiger partial charge in [0.2, 0.25) is 5.91 Å². The summed E-state index contributed by atoms with van der Waals surface area (Å²) in [5.74, 6) is -1.34. The summed E-state index contributed by atoms with van der Waals surface area (Å²) in [5, 5.41) is 3.86. The second-order valence-electron chi connectivity index (χ2n) is 6.36. The molecule has 0 N–H and O–H groups in total. The summed E-state index contributed by atoms with van der Waals surface area (Å²) in [4.78, 5) is 14.1. The van der Waals surface area contributed by atoms with Crippen LogP contribution in [0, 0.1) is 24.5 Å². The summed E-state index contributed by atoms with van der Waals surface area (Å²) in [7, 11) is 1.60. The number of likely N-dealkylation sites (tertiary alicyclic amines) is 1. The molecular weight excluding hydrogens is 330 g/mol. The Morgan fingerprint density at radius 2 is 2.20 bits per heavy atom. The number of methoxy groups -OCH3 is 1. The van der Waals surface area contributed by atoms with E-state index in [4.69, 9.17) is 9.26 Å². The minimum atomic E-state index is -0.966. The molecule has 7 heteroatoms. The average molecular weight is 350 g/mol. The largest absolute Gasteiger partial charge is 0.379 e. The van der Waals surface area contributed by atoms with Crippen molar-refractivity contribution in [3.8, 4) is 0 Å². The van der Waals surface area contributed by atoms with Crippen LogP contribution in [-0.4, -0.2) is 42.3 Å². The molecule has 25 heavy (non-hydrogen) atoms. The van der Waals surface area contributed by atoms with Crippen LogP contribution in [0.25, 0.3) is 0 Å². The SMILES string of the molecule is CO[C@H]1CN(C(=O)Cc2cccc(F)c2F)C[C@H]1Cc1cc(C)no1. The molecule has 3 rings (SSSR count). The molecule has 0 spiro atoms. The molecule has 1 aliphatic rings. The Morgan fingerprint density at radius 1 is 1.40 bits per heavy atom. The third-order valence-corrected chi connectivity index (χ3v) is 4.55. The summed E-state index contributed by atoms with van der Waals surface area (Å²) < 4.78 is 37.8. The van der Waals surface area contributed by atoms with Crippen molar-refractivity contribution in [2.45, 2.75) is 25.9 Å². The molecule has 0 unspecified atom stereocenters. The van der Waals surface area contributed by atoms with E-state index in [0.717, 1.165) is 17.5 Å². The van der Waals surface area contributed by atoms with Crippen LogP contribution in [0.3, 0.4) is 0 Å². The van der Waals surface area contributed by atoms with Crippen molar-refractivity contribution in [1.82, 2.24) is 10.1 Å². The predicted octanol–water partition coefficient (Wildman–Crippen LogP) is 2.52. The van der Waals surface area contributed by atoms with Gasteiger partial charge in [0.25, 0.3) is 0 Å². The molecule has 134 valence electrons. The number of aryl methyl sites for hydroxylation is 1. The summed E-state index contributed by atoms with van der Waals surface area (Å²) in [6, 6.07) is 5.72. The van der Waals surface area contributed by atoms with Crippen LogP contribution in [0.1, 0.15) is 17.0 Å². The van der Waals surface area contributed by atoms with E-state index < -0.39 is 11.6 Å². The van der Waals surface area contributed by atoms with Crippen molar-refractivity contribution in [1.29, 1.82) is 0 Å². The topological polar surface area (TPSA) is 55.6 Å². The molecular formula is C18H20F2N2O3. The third-order valence-electron chi connectivity index (χ3n) is 4.55. The van der Waals surface area contributed by atoms with Gasteiger partial charge in [-0.15, -0.1) is 0 Å². The minimum Gasteiger partial charge on any atom is -0.379 e. The lowest BCUT2D eigenvalue weighted by atomic mass is 10.0. The lowest BCUT2D eigenvalue weighted by Crippen LogP contribution is -2.31. The van der Waals surface area contributed by atoms with Crippen molar-refractivity contribution >= 4 is 5.91 Å². The van der Waals surface area contributed by atoms with Gasteiger partial charge >= 0.3 is 0 Å². The van der Waals surface area contributed by atoms with Gasteiger partial charge in [-0.3, -0.25) is 4.79 Å². The van der Waals surface area contributed by atoms with Crippen molar-refractivity contribution in [2.75, 3.05) is 20.2 Å². The first-order valence-corrected chi connectivity index (χ1v) is 8.13. The first kappa shape index (κ1) is 17.5. The molecule has 2 atom stereocenters. The molecule has 2 aromatic rings. The smallest absolute Gasteiger partial charge is 0.227 e. The van der Waals surface area contributed by atoms with Gasteiger partial charge in [-0.2, -0.15) is 0 Å². The molecule has 1 aromatic carbocycles. The highest BCUT2D eigenvalue weighted by Crippen LogP contribution is 2.25. The number of benzene rings is 1.